The second kappa shape index (κ2) is 5.49. The summed E-state index contributed by atoms with van der Waals surface area (Å²) in [6.07, 6.45) is 3.04. The van der Waals surface area contributed by atoms with Crippen molar-refractivity contribution in [1.29, 1.82) is 0 Å². The first kappa shape index (κ1) is 14.0. The van der Waals surface area contributed by atoms with E-state index < -0.39 is 11.5 Å². The van der Waals surface area contributed by atoms with E-state index in [0.717, 1.165) is 5.56 Å². The van der Waals surface area contributed by atoms with Crippen molar-refractivity contribution in [2.24, 2.45) is 0 Å². The molecular weight excluding hydrogens is 230 g/mol. The number of hydrogen-bond donors (Lipinski definition) is 1. The van der Waals surface area contributed by atoms with E-state index >= 15 is 0 Å². The van der Waals surface area contributed by atoms with Gasteiger partial charge in [0.15, 0.2) is 0 Å². The average Bonchev–Trinajstić information content (AvgIpc) is 2.36. The summed E-state index contributed by atoms with van der Waals surface area (Å²) in [5.74, 6) is -1.38. The van der Waals surface area contributed by atoms with E-state index in [2.05, 4.69) is 0 Å². The molecule has 0 aromatic heterocycles. The Morgan fingerprint density at radius 1 is 1.22 bits per heavy atom. The molecule has 0 aliphatic heterocycles. The monoisotopic (exact) mass is 247 g/mol. The van der Waals surface area contributed by atoms with Crippen LogP contribution < -0.4 is 0 Å². The minimum atomic E-state index is -1.22. The molecule has 4 heteroatoms. The maximum absolute atomic E-state index is 11.8. The van der Waals surface area contributed by atoms with Crippen molar-refractivity contribution in [3.8, 4) is 0 Å². The molecule has 96 valence electrons. The molecule has 0 aliphatic carbocycles. The van der Waals surface area contributed by atoms with Crippen LogP contribution in [-0.2, 0) is 9.59 Å². The van der Waals surface area contributed by atoms with Gasteiger partial charge in [-0.2, -0.15) is 0 Å². The summed E-state index contributed by atoms with van der Waals surface area (Å²) >= 11 is 0. The minimum absolute atomic E-state index is 0.341. The van der Waals surface area contributed by atoms with Crippen LogP contribution in [0.1, 0.15) is 19.4 Å². The van der Waals surface area contributed by atoms with Gasteiger partial charge in [0, 0.05) is 13.1 Å². The Balaban J connectivity index is 2.78. The van der Waals surface area contributed by atoms with E-state index in [9.17, 15) is 9.59 Å². The number of carboxylic acid groups (broad SMARTS) is 1. The molecule has 1 rings (SSSR count). The van der Waals surface area contributed by atoms with Crippen LogP contribution >= 0.6 is 0 Å². The zero-order valence-electron chi connectivity index (χ0n) is 10.8. The smallest absolute Gasteiger partial charge is 0.329 e. The fourth-order valence-corrected chi connectivity index (χ4v) is 1.26. The van der Waals surface area contributed by atoms with Crippen LogP contribution in [0.5, 0.6) is 0 Å². The van der Waals surface area contributed by atoms with Gasteiger partial charge in [-0.05, 0) is 25.5 Å². The minimum Gasteiger partial charge on any atom is -0.480 e. The molecule has 0 radical (unpaired) electrons. The van der Waals surface area contributed by atoms with Crippen molar-refractivity contribution < 1.29 is 14.7 Å². The lowest BCUT2D eigenvalue weighted by Crippen LogP contribution is -2.50. The zero-order chi connectivity index (χ0) is 13.8. The topological polar surface area (TPSA) is 57.6 Å². The van der Waals surface area contributed by atoms with Crippen molar-refractivity contribution in [2.45, 2.75) is 19.4 Å². The van der Waals surface area contributed by atoms with Crippen molar-refractivity contribution in [1.82, 2.24) is 4.90 Å². The van der Waals surface area contributed by atoms with E-state index in [4.69, 9.17) is 5.11 Å². The number of carbonyl (C=O) groups is 2. The van der Waals surface area contributed by atoms with Gasteiger partial charge in [-0.25, -0.2) is 4.79 Å². The Labute approximate surface area is 107 Å². The predicted molar refractivity (Wildman–Crippen MR) is 70.0 cm³/mol. The summed E-state index contributed by atoms with van der Waals surface area (Å²) in [6.45, 7) is 2.98. The van der Waals surface area contributed by atoms with Crippen molar-refractivity contribution >= 4 is 18.0 Å². The first-order valence-electron chi connectivity index (χ1n) is 5.60. The Morgan fingerprint density at radius 2 is 1.78 bits per heavy atom. The Kier molecular flexibility index (Phi) is 4.26. The Bertz CT molecular complexity index is 463. The second-order valence-electron chi connectivity index (χ2n) is 4.51. The van der Waals surface area contributed by atoms with Crippen LogP contribution in [-0.4, -0.2) is 34.5 Å². The molecule has 0 heterocycles. The summed E-state index contributed by atoms with van der Waals surface area (Å²) < 4.78 is 0. The quantitative estimate of drug-likeness (QED) is 0.828. The molecule has 1 N–H and O–H groups in total. The van der Waals surface area contributed by atoms with Crippen LogP contribution in [0.15, 0.2) is 36.4 Å². The van der Waals surface area contributed by atoms with Crippen molar-refractivity contribution in [3.05, 3.63) is 42.0 Å². The molecule has 0 spiro atoms. The second-order valence-corrected chi connectivity index (χ2v) is 4.51. The third-order valence-electron chi connectivity index (χ3n) is 2.91. The predicted octanol–water partition coefficient (Wildman–Crippen LogP) is 2.02. The van der Waals surface area contributed by atoms with E-state index in [1.54, 1.807) is 6.08 Å². The molecule has 0 bridgehead atoms. The highest BCUT2D eigenvalue weighted by atomic mass is 16.4. The number of hydrogen-bond acceptors (Lipinski definition) is 2. The number of nitrogens with zero attached hydrogens (tertiary/aromatic N) is 1. The molecule has 0 aliphatic rings. The van der Waals surface area contributed by atoms with Gasteiger partial charge in [0.2, 0.25) is 5.91 Å². The lowest BCUT2D eigenvalue weighted by atomic mass is 10.0. The molecule has 0 atom stereocenters. The maximum atomic E-state index is 11.8. The van der Waals surface area contributed by atoms with Crippen LogP contribution in [0.4, 0.5) is 0 Å². The molecule has 1 aromatic rings. The van der Waals surface area contributed by atoms with Gasteiger partial charge >= 0.3 is 5.97 Å². The largest absolute Gasteiger partial charge is 0.480 e. The van der Waals surface area contributed by atoms with Gasteiger partial charge < -0.3 is 10.0 Å². The molecule has 0 saturated carbocycles. The third-order valence-corrected chi connectivity index (χ3v) is 2.91. The summed E-state index contributed by atoms with van der Waals surface area (Å²) in [7, 11) is 1.48. The van der Waals surface area contributed by atoms with E-state index in [-0.39, 0.29) is 5.91 Å². The van der Waals surface area contributed by atoms with Crippen LogP contribution in [0, 0.1) is 0 Å². The van der Waals surface area contributed by atoms with Crippen LogP contribution in [0.3, 0.4) is 0 Å². The van der Waals surface area contributed by atoms with Gasteiger partial charge in [0.05, 0.1) is 0 Å². The number of rotatable bonds is 4. The molecule has 0 unspecified atom stereocenters. The lowest BCUT2D eigenvalue weighted by Gasteiger charge is -2.30. The highest BCUT2D eigenvalue weighted by Gasteiger charge is 2.34. The molecule has 4 nitrogen and oxygen atoms in total. The van der Waals surface area contributed by atoms with Gasteiger partial charge in [0.1, 0.15) is 5.54 Å². The number of carbonyl (C=O) groups excluding carboxylic acids is 1. The van der Waals surface area contributed by atoms with Gasteiger partial charge in [-0.15, -0.1) is 0 Å². The average molecular weight is 247 g/mol. The Hall–Kier alpha value is -2.10. The lowest BCUT2D eigenvalue weighted by molar-refractivity contribution is -0.153. The fourth-order valence-electron chi connectivity index (χ4n) is 1.26. The summed E-state index contributed by atoms with van der Waals surface area (Å²) in [5.41, 5.74) is -0.328. The van der Waals surface area contributed by atoms with Crippen LogP contribution in [0.25, 0.3) is 6.08 Å². The Morgan fingerprint density at radius 3 is 2.28 bits per heavy atom. The van der Waals surface area contributed by atoms with Gasteiger partial charge in [-0.1, -0.05) is 30.3 Å². The van der Waals surface area contributed by atoms with E-state index in [1.165, 1.54) is 31.9 Å². The SMILES string of the molecule is CN(C(=O)C=Cc1ccccc1)C(C)(C)C(=O)O. The number of aliphatic carboxylic acids is 1. The molecular formula is C14H17NO3. The first-order valence-corrected chi connectivity index (χ1v) is 5.60. The standard InChI is InChI=1S/C14H17NO3/c1-14(2,13(17)18)15(3)12(16)10-9-11-7-5-4-6-8-11/h4-10H,1-3H3,(H,17,18). The number of amides is 1. The molecule has 1 amide bonds. The van der Waals surface area contributed by atoms with Crippen molar-refractivity contribution in [3.63, 3.8) is 0 Å². The normalized spacial score (nSPS) is 11.5. The summed E-state index contributed by atoms with van der Waals surface area (Å²) in [4.78, 5) is 24.1. The first-order chi connectivity index (χ1) is 8.35. The maximum Gasteiger partial charge on any atom is 0.329 e. The number of likely N-dealkylation sites (N-methyl/N-ethyl adjacent to an activating group) is 1. The molecule has 18 heavy (non-hydrogen) atoms. The molecule has 0 fully saturated rings. The highest BCUT2D eigenvalue weighted by molar-refractivity contribution is 5.95. The van der Waals surface area contributed by atoms with E-state index in [0.29, 0.717) is 0 Å². The highest BCUT2D eigenvalue weighted by Crippen LogP contribution is 2.13. The molecule has 0 saturated heterocycles. The number of carboxylic acids is 1. The van der Waals surface area contributed by atoms with Crippen molar-refractivity contribution in [2.75, 3.05) is 7.05 Å². The number of benzene rings is 1. The van der Waals surface area contributed by atoms with Gasteiger partial charge in [0.25, 0.3) is 0 Å². The molecule has 1 aromatic carbocycles. The third kappa shape index (κ3) is 3.20. The van der Waals surface area contributed by atoms with Gasteiger partial charge in [-0.3, -0.25) is 4.79 Å². The summed E-state index contributed by atoms with van der Waals surface area (Å²) in [6, 6.07) is 9.36. The zero-order valence-corrected chi connectivity index (χ0v) is 10.8. The summed E-state index contributed by atoms with van der Waals surface area (Å²) in [5, 5.41) is 9.03. The van der Waals surface area contributed by atoms with E-state index in [1.807, 2.05) is 30.3 Å². The van der Waals surface area contributed by atoms with Crippen LogP contribution in [0.2, 0.25) is 0 Å². The fraction of sp³-hybridized carbons (Fsp3) is 0.286.